The highest BCUT2D eigenvalue weighted by atomic mass is 15.2. The molecule has 0 aromatic heterocycles. The van der Waals surface area contributed by atoms with E-state index < -0.39 is 0 Å². The van der Waals surface area contributed by atoms with Crippen molar-refractivity contribution in [2.45, 2.75) is 32.2 Å². The Morgan fingerprint density at radius 1 is 1.35 bits per heavy atom. The van der Waals surface area contributed by atoms with Crippen LogP contribution in [0.5, 0.6) is 0 Å². The van der Waals surface area contributed by atoms with Crippen LogP contribution in [0.4, 0.5) is 0 Å². The van der Waals surface area contributed by atoms with Crippen molar-refractivity contribution in [3.05, 3.63) is 35.9 Å². The summed E-state index contributed by atoms with van der Waals surface area (Å²) in [5.41, 5.74) is 7.51. The molecule has 94 valence electrons. The van der Waals surface area contributed by atoms with E-state index in [4.69, 9.17) is 5.73 Å². The highest BCUT2D eigenvalue weighted by Gasteiger charge is 2.23. The largest absolute Gasteiger partial charge is 0.323 e. The van der Waals surface area contributed by atoms with Gasteiger partial charge >= 0.3 is 0 Å². The van der Waals surface area contributed by atoms with E-state index in [0.717, 1.165) is 12.5 Å². The van der Waals surface area contributed by atoms with Gasteiger partial charge < -0.3 is 10.6 Å². The van der Waals surface area contributed by atoms with E-state index in [0.29, 0.717) is 0 Å². The molecule has 2 rings (SSSR count). The van der Waals surface area contributed by atoms with Gasteiger partial charge in [0.2, 0.25) is 0 Å². The number of benzene rings is 1. The van der Waals surface area contributed by atoms with Crippen LogP contribution in [-0.4, -0.2) is 24.5 Å². The first-order valence-corrected chi connectivity index (χ1v) is 6.82. The van der Waals surface area contributed by atoms with Gasteiger partial charge in [0.15, 0.2) is 0 Å². The highest BCUT2D eigenvalue weighted by Crippen LogP contribution is 2.22. The lowest BCUT2D eigenvalue weighted by atomic mass is 10.0. The number of nitrogens with zero attached hydrogens (tertiary/aromatic N) is 1. The Kier molecular flexibility index (Phi) is 4.57. The fourth-order valence-corrected chi connectivity index (χ4v) is 2.81. The molecule has 1 heterocycles. The quantitative estimate of drug-likeness (QED) is 0.846. The summed E-state index contributed by atoms with van der Waals surface area (Å²) in [5.74, 6) is 0.906. The molecule has 1 aliphatic rings. The van der Waals surface area contributed by atoms with Crippen LogP contribution in [0.3, 0.4) is 0 Å². The molecule has 2 N–H and O–H groups in total. The van der Waals surface area contributed by atoms with Crippen molar-refractivity contribution in [1.82, 2.24) is 4.90 Å². The van der Waals surface area contributed by atoms with Gasteiger partial charge in [0, 0.05) is 19.1 Å². The van der Waals surface area contributed by atoms with Crippen LogP contribution < -0.4 is 5.73 Å². The maximum atomic E-state index is 6.25. The molecule has 1 aliphatic heterocycles. The summed E-state index contributed by atoms with van der Waals surface area (Å²) in [7, 11) is 0. The minimum Gasteiger partial charge on any atom is -0.323 e. The van der Waals surface area contributed by atoms with Crippen molar-refractivity contribution in [3.63, 3.8) is 0 Å². The van der Waals surface area contributed by atoms with Gasteiger partial charge in [-0.3, -0.25) is 0 Å². The lowest BCUT2D eigenvalue weighted by Gasteiger charge is -2.21. The van der Waals surface area contributed by atoms with E-state index in [1.807, 2.05) is 6.07 Å². The molecule has 2 nitrogen and oxygen atoms in total. The third kappa shape index (κ3) is 3.55. The van der Waals surface area contributed by atoms with E-state index in [9.17, 15) is 0 Å². The molecule has 2 atom stereocenters. The van der Waals surface area contributed by atoms with Gasteiger partial charge in [-0.2, -0.15) is 0 Å². The van der Waals surface area contributed by atoms with Crippen LogP contribution in [0, 0.1) is 5.92 Å². The molecular formula is C15H24N2. The molecule has 0 amide bonds. The summed E-state index contributed by atoms with van der Waals surface area (Å²) in [6, 6.07) is 10.6. The van der Waals surface area contributed by atoms with Gasteiger partial charge in [0.1, 0.15) is 0 Å². The Morgan fingerprint density at radius 3 is 2.82 bits per heavy atom. The standard InChI is InChI=1S/C15H24N2/c1-2-6-13-9-10-17(11-13)12-15(16)14-7-4-3-5-8-14/h3-5,7-8,13,15H,2,6,9-12,16H2,1H3/t13?,15-/m0/s1. The van der Waals surface area contributed by atoms with Crippen LogP contribution in [-0.2, 0) is 0 Å². The number of likely N-dealkylation sites (tertiary alicyclic amines) is 1. The van der Waals surface area contributed by atoms with E-state index >= 15 is 0 Å². The Labute approximate surface area is 105 Å². The lowest BCUT2D eigenvalue weighted by Crippen LogP contribution is -2.30. The molecule has 0 saturated carbocycles. The van der Waals surface area contributed by atoms with E-state index in [-0.39, 0.29) is 6.04 Å². The molecule has 1 saturated heterocycles. The molecule has 17 heavy (non-hydrogen) atoms. The molecule has 1 aromatic rings. The molecule has 1 fully saturated rings. The van der Waals surface area contributed by atoms with Gasteiger partial charge in [0.25, 0.3) is 0 Å². The van der Waals surface area contributed by atoms with Crippen LogP contribution in [0.15, 0.2) is 30.3 Å². The normalized spacial score (nSPS) is 22.8. The summed E-state index contributed by atoms with van der Waals surface area (Å²) in [5, 5.41) is 0. The number of hydrogen-bond acceptors (Lipinski definition) is 2. The Bertz CT molecular complexity index is 323. The second-order valence-corrected chi connectivity index (χ2v) is 5.22. The summed E-state index contributed by atoms with van der Waals surface area (Å²) >= 11 is 0. The summed E-state index contributed by atoms with van der Waals surface area (Å²) in [6.45, 7) is 5.75. The topological polar surface area (TPSA) is 29.3 Å². The smallest absolute Gasteiger partial charge is 0.0424 e. The van der Waals surface area contributed by atoms with Crippen molar-refractivity contribution in [2.75, 3.05) is 19.6 Å². The molecular weight excluding hydrogens is 208 g/mol. The Hall–Kier alpha value is -0.860. The number of hydrogen-bond donors (Lipinski definition) is 1. The maximum Gasteiger partial charge on any atom is 0.0424 e. The summed E-state index contributed by atoms with van der Waals surface area (Å²) < 4.78 is 0. The molecule has 0 bridgehead atoms. The van der Waals surface area contributed by atoms with Crippen molar-refractivity contribution in [2.24, 2.45) is 11.7 Å². The highest BCUT2D eigenvalue weighted by molar-refractivity contribution is 5.18. The van der Waals surface area contributed by atoms with Crippen molar-refractivity contribution in [1.29, 1.82) is 0 Å². The summed E-state index contributed by atoms with van der Waals surface area (Å²) in [6.07, 6.45) is 4.04. The zero-order chi connectivity index (χ0) is 12.1. The van der Waals surface area contributed by atoms with Crippen molar-refractivity contribution >= 4 is 0 Å². The van der Waals surface area contributed by atoms with Crippen LogP contribution >= 0.6 is 0 Å². The Morgan fingerprint density at radius 2 is 2.12 bits per heavy atom. The third-order valence-corrected chi connectivity index (χ3v) is 3.75. The minimum atomic E-state index is 0.163. The first-order valence-electron chi connectivity index (χ1n) is 6.82. The average Bonchev–Trinajstić information content (AvgIpc) is 2.78. The van der Waals surface area contributed by atoms with Crippen molar-refractivity contribution in [3.8, 4) is 0 Å². The second kappa shape index (κ2) is 6.18. The van der Waals surface area contributed by atoms with E-state index in [1.54, 1.807) is 0 Å². The Balaban J connectivity index is 1.82. The fraction of sp³-hybridized carbons (Fsp3) is 0.600. The maximum absolute atomic E-state index is 6.25. The predicted octanol–water partition coefficient (Wildman–Crippen LogP) is 2.81. The van der Waals surface area contributed by atoms with Crippen LogP contribution in [0.25, 0.3) is 0 Å². The van der Waals surface area contributed by atoms with Gasteiger partial charge in [-0.25, -0.2) is 0 Å². The zero-order valence-corrected chi connectivity index (χ0v) is 10.8. The summed E-state index contributed by atoms with van der Waals surface area (Å²) in [4.78, 5) is 2.53. The van der Waals surface area contributed by atoms with Gasteiger partial charge in [-0.15, -0.1) is 0 Å². The number of rotatable bonds is 5. The molecule has 2 heteroatoms. The van der Waals surface area contributed by atoms with Gasteiger partial charge in [-0.1, -0.05) is 43.7 Å². The SMILES string of the molecule is CCCC1CCN(C[C@H](N)c2ccccc2)C1. The number of nitrogens with two attached hydrogens (primary N) is 1. The molecule has 0 radical (unpaired) electrons. The predicted molar refractivity (Wildman–Crippen MR) is 72.8 cm³/mol. The van der Waals surface area contributed by atoms with Crippen LogP contribution in [0.1, 0.15) is 37.8 Å². The first kappa shape index (κ1) is 12.6. The fourth-order valence-electron chi connectivity index (χ4n) is 2.81. The van der Waals surface area contributed by atoms with Crippen LogP contribution in [0.2, 0.25) is 0 Å². The zero-order valence-electron chi connectivity index (χ0n) is 10.8. The minimum absolute atomic E-state index is 0.163. The molecule has 1 aromatic carbocycles. The average molecular weight is 232 g/mol. The van der Waals surface area contributed by atoms with Gasteiger partial charge in [-0.05, 0) is 30.9 Å². The van der Waals surface area contributed by atoms with E-state index in [2.05, 4.69) is 36.1 Å². The van der Waals surface area contributed by atoms with Crippen molar-refractivity contribution < 1.29 is 0 Å². The van der Waals surface area contributed by atoms with Gasteiger partial charge in [0.05, 0.1) is 0 Å². The first-order chi connectivity index (χ1) is 8.29. The second-order valence-electron chi connectivity index (χ2n) is 5.22. The van der Waals surface area contributed by atoms with E-state index in [1.165, 1.54) is 37.9 Å². The monoisotopic (exact) mass is 232 g/mol. The third-order valence-electron chi connectivity index (χ3n) is 3.75. The lowest BCUT2D eigenvalue weighted by molar-refractivity contribution is 0.300. The molecule has 0 aliphatic carbocycles. The molecule has 1 unspecified atom stereocenters. The molecule has 0 spiro atoms.